The van der Waals surface area contributed by atoms with Crippen molar-refractivity contribution in [2.45, 2.75) is 13.8 Å². The molecule has 0 fully saturated rings. The lowest BCUT2D eigenvalue weighted by Gasteiger charge is -1.96. The molecule has 0 saturated carbocycles. The SMILES string of the molecule is C=CC.C=CC.COCCOC(N)=O. The molecule has 0 rings (SSSR count). The molecule has 0 aliphatic rings. The van der Waals surface area contributed by atoms with Gasteiger partial charge in [-0.1, -0.05) is 12.2 Å². The number of methoxy groups -OCH3 is 1. The van der Waals surface area contributed by atoms with Crippen LogP contribution in [0.4, 0.5) is 4.79 Å². The fraction of sp³-hybridized carbons (Fsp3) is 0.500. The summed E-state index contributed by atoms with van der Waals surface area (Å²) in [6.45, 7) is 11.1. The fourth-order valence-corrected chi connectivity index (χ4v) is 0.226. The molecule has 0 aromatic rings. The lowest BCUT2D eigenvalue weighted by atomic mass is 10.8. The van der Waals surface area contributed by atoms with E-state index in [1.807, 2.05) is 13.8 Å². The molecule has 1 amide bonds. The lowest BCUT2D eigenvalue weighted by Crippen LogP contribution is -2.15. The van der Waals surface area contributed by atoms with Crippen LogP contribution in [0, 0.1) is 0 Å². The molecule has 0 unspecified atom stereocenters. The highest BCUT2D eigenvalue weighted by molar-refractivity contribution is 5.64. The van der Waals surface area contributed by atoms with Gasteiger partial charge in [-0.25, -0.2) is 4.79 Å². The van der Waals surface area contributed by atoms with Crippen LogP contribution in [0.5, 0.6) is 0 Å². The second-order valence-electron chi connectivity index (χ2n) is 1.98. The second kappa shape index (κ2) is 22.6. The van der Waals surface area contributed by atoms with Crippen molar-refractivity contribution in [3.8, 4) is 0 Å². The summed E-state index contributed by atoms with van der Waals surface area (Å²) in [6.07, 6.45) is 2.74. The highest BCUT2D eigenvalue weighted by Crippen LogP contribution is 1.72. The summed E-state index contributed by atoms with van der Waals surface area (Å²) in [5.41, 5.74) is 4.62. The second-order valence-corrected chi connectivity index (χ2v) is 1.98. The van der Waals surface area contributed by atoms with Gasteiger partial charge in [0.2, 0.25) is 0 Å². The van der Waals surface area contributed by atoms with Crippen molar-refractivity contribution >= 4 is 6.09 Å². The summed E-state index contributed by atoms with van der Waals surface area (Å²) in [5.74, 6) is 0. The van der Waals surface area contributed by atoms with Gasteiger partial charge in [0.05, 0.1) is 6.61 Å². The number of amides is 1. The van der Waals surface area contributed by atoms with Crippen LogP contribution in [0.2, 0.25) is 0 Å². The number of allylic oxidation sites excluding steroid dienone is 2. The summed E-state index contributed by atoms with van der Waals surface area (Å²) in [4.78, 5) is 9.82. The molecule has 4 heteroatoms. The minimum Gasteiger partial charge on any atom is -0.447 e. The first kappa shape index (κ1) is 18.5. The van der Waals surface area contributed by atoms with E-state index in [4.69, 9.17) is 0 Å². The Morgan fingerprint density at radius 2 is 1.64 bits per heavy atom. The Bertz CT molecular complexity index is 129. The molecule has 0 bridgehead atoms. The Morgan fingerprint density at radius 1 is 1.29 bits per heavy atom. The van der Waals surface area contributed by atoms with Gasteiger partial charge >= 0.3 is 6.09 Å². The molecule has 0 aromatic carbocycles. The zero-order chi connectivity index (χ0) is 11.8. The number of primary amides is 1. The normalized spacial score (nSPS) is 6.79. The third-order valence-electron chi connectivity index (χ3n) is 0.532. The lowest BCUT2D eigenvalue weighted by molar-refractivity contribution is 0.105. The number of carbonyl (C=O) groups is 1. The quantitative estimate of drug-likeness (QED) is 0.564. The minimum absolute atomic E-state index is 0.228. The third kappa shape index (κ3) is 73.4. The number of hydrogen-bond acceptors (Lipinski definition) is 3. The molecule has 0 aliphatic carbocycles. The Hall–Kier alpha value is -1.29. The number of nitrogens with two attached hydrogens (primary N) is 1. The largest absolute Gasteiger partial charge is 0.447 e. The standard InChI is InChI=1S/C4H9NO3.2C3H6/c1-7-2-3-8-4(5)6;2*1-3-2/h2-3H2,1H3,(H2,5,6);2*3H,1H2,2H3. The van der Waals surface area contributed by atoms with Crippen LogP contribution >= 0.6 is 0 Å². The van der Waals surface area contributed by atoms with Crippen LogP contribution in [-0.4, -0.2) is 26.4 Å². The van der Waals surface area contributed by atoms with E-state index in [0.717, 1.165) is 0 Å². The summed E-state index contributed by atoms with van der Waals surface area (Å²) in [5, 5.41) is 0. The number of ether oxygens (including phenoxy) is 2. The van der Waals surface area contributed by atoms with Gasteiger partial charge in [0.15, 0.2) is 0 Å². The zero-order valence-corrected chi connectivity index (χ0v) is 9.29. The molecule has 84 valence electrons. The van der Waals surface area contributed by atoms with Gasteiger partial charge in [-0.15, -0.1) is 13.2 Å². The molecule has 2 N–H and O–H groups in total. The summed E-state index contributed by atoms with van der Waals surface area (Å²) < 4.78 is 8.86. The van der Waals surface area contributed by atoms with E-state index in [-0.39, 0.29) is 6.61 Å². The highest BCUT2D eigenvalue weighted by atomic mass is 16.6. The van der Waals surface area contributed by atoms with E-state index in [1.54, 1.807) is 12.2 Å². The average molecular weight is 203 g/mol. The van der Waals surface area contributed by atoms with Crippen LogP contribution in [0.15, 0.2) is 25.3 Å². The molecule has 0 saturated heterocycles. The topological polar surface area (TPSA) is 61.6 Å². The van der Waals surface area contributed by atoms with Crippen LogP contribution in [-0.2, 0) is 9.47 Å². The molecular weight excluding hydrogens is 182 g/mol. The first-order valence-electron chi connectivity index (χ1n) is 4.15. The zero-order valence-electron chi connectivity index (χ0n) is 9.29. The smallest absolute Gasteiger partial charge is 0.404 e. The van der Waals surface area contributed by atoms with Crippen molar-refractivity contribution in [1.29, 1.82) is 0 Å². The first-order valence-corrected chi connectivity index (χ1v) is 4.15. The van der Waals surface area contributed by atoms with E-state index >= 15 is 0 Å². The van der Waals surface area contributed by atoms with Crippen LogP contribution in [0.3, 0.4) is 0 Å². The van der Waals surface area contributed by atoms with Gasteiger partial charge in [0, 0.05) is 7.11 Å². The first-order chi connectivity index (χ1) is 6.60. The molecule has 0 aliphatic heterocycles. The highest BCUT2D eigenvalue weighted by Gasteiger charge is 1.88. The molecule has 4 nitrogen and oxygen atoms in total. The predicted octanol–water partition coefficient (Wildman–Crippen LogP) is 2.11. The van der Waals surface area contributed by atoms with Crippen molar-refractivity contribution in [2.75, 3.05) is 20.3 Å². The third-order valence-corrected chi connectivity index (χ3v) is 0.532. The molecule has 0 spiro atoms. The Kier molecular flexibility index (Phi) is 29.8. The van der Waals surface area contributed by atoms with Gasteiger partial charge in [-0.2, -0.15) is 0 Å². The van der Waals surface area contributed by atoms with E-state index in [9.17, 15) is 4.79 Å². The Morgan fingerprint density at radius 3 is 1.86 bits per heavy atom. The summed E-state index contributed by atoms with van der Waals surface area (Å²) in [6, 6.07) is 0. The van der Waals surface area contributed by atoms with Crippen molar-refractivity contribution in [2.24, 2.45) is 5.73 Å². The minimum atomic E-state index is -0.762. The molecule has 0 aromatic heterocycles. The average Bonchev–Trinajstić information content (AvgIpc) is 2.07. The molecular formula is C10H21NO3. The van der Waals surface area contributed by atoms with Crippen LogP contribution in [0.1, 0.15) is 13.8 Å². The maximum absolute atomic E-state index is 9.82. The molecule has 0 radical (unpaired) electrons. The molecule has 14 heavy (non-hydrogen) atoms. The van der Waals surface area contributed by atoms with E-state index in [0.29, 0.717) is 6.61 Å². The summed E-state index contributed by atoms with van der Waals surface area (Å²) >= 11 is 0. The molecule has 0 heterocycles. The van der Waals surface area contributed by atoms with Crippen LogP contribution in [0.25, 0.3) is 0 Å². The van der Waals surface area contributed by atoms with Crippen molar-refractivity contribution in [3.63, 3.8) is 0 Å². The number of hydrogen-bond donors (Lipinski definition) is 1. The van der Waals surface area contributed by atoms with Crippen molar-refractivity contribution < 1.29 is 14.3 Å². The maximum atomic E-state index is 9.82. The molecule has 0 atom stereocenters. The number of carbonyl (C=O) groups excluding carboxylic acids is 1. The maximum Gasteiger partial charge on any atom is 0.404 e. The van der Waals surface area contributed by atoms with Gasteiger partial charge in [-0.3, -0.25) is 0 Å². The Balaban J connectivity index is -0.000000168. The Labute approximate surface area is 86.4 Å². The van der Waals surface area contributed by atoms with Gasteiger partial charge in [-0.05, 0) is 13.8 Å². The van der Waals surface area contributed by atoms with E-state index in [1.165, 1.54) is 7.11 Å². The van der Waals surface area contributed by atoms with Gasteiger partial charge in [0.1, 0.15) is 6.61 Å². The van der Waals surface area contributed by atoms with Gasteiger partial charge in [0.25, 0.3) is 0 Å². The summed E-state index contributed by atoms with van der Waals surface area (Å²) in [7, 11) is 1.52. The van der Waals surface area contributed by atoms with E-state index in [2.05, 4.69) is 28.4 Å². The monoisotopic (exact) mass is 203 g/mol. The van der Waals surface area contributed by atoms with E-state index < -0.39 is 6.09 Å². The predicted molar refractivity (Wildman–Crippen MR) is 59.2 cm³/mol. The fourth-order valence-electron chi connectivity index (χ4n) is 0.226. The van der Waals surface area contributed by atoms with Gasteiger partial charge < -0.3 is 15.2 Å². The number of rotatable bonds is 3. The van der Waals surface area contributed by atoms with Crippen molar-refractivity contribution in [3.05, 3.63) is 25.3 Å². The van der Waals surface area contributed by atoms with Crippen LogP contribution < -0.4 is 5.73 Å². The van der Waals surface area contributed by atoms with Crippen molar-refractivity contribution in [1.82, 2.24) is 0 Å².